The Morgan fingerprint density at radius 1 is 1.20 bits per heavy atom. The highest BCUT2D eigenvalue weighted by molar-refractivity contribution is 5.86. The fourth-order valence-corrected chi connectivity index (χ4v) is 4.99. The molecule has 1 amide bonds. The van der Waals surface area contributed by atoms with Gasteiger partial charge in [0, 0.05) is 31.6 Å². The number of likely N-dealkylation sites (tertiary alicyclic amines) is 2. The first-order valence-corrected chi connectivity index (χ1v) is 8.33. The van der Waals surface area contributed by atoms with Gasteiger partial charge in [0.2, 0.25) is 5.91 Å². The van der Waals surface area contributed by atoms with Crippen LogP contribution in [0.5, 0.6) is 0 Å². The topological polar surface area (TPSA) is 35.6 Å². The van der Waals surface area contributed by atoms with Gasteiger partial charge < -0.3 is 15.1 Å². The Balaban J connectivity index is 1.61. The first-order valence-electron chi connectivity index (χ1n) is 8.33. The lowest BCUT2D eigenvalue weighted by atomic mass is 9.60. The van der Waals surface area contributed by atoms with E-state index in [2.05, 4.69) is 22.2 Å². The van der Waals surface area contributed by atoms with Gasteiger partial charge in [-0.25, -0.2) is 0 Å². The predicted octanol–water partition coefficient (Wildman–Crippen LogP) is 0.930. The summed E-state index contributed by atoms with van der Waals surface area (Å²) in [7, 11) is 2.21. The molecular formula is C16H27N3O. The number of rotatable bonds is 2. The molecule has 0 aromatic rings. The fraction of sp³-hybridized carbons (Fsp3) is 0.938. The van der Waals surface area contributed by atoms with Crippen molar-refractivity contribution in [1.82, 2.24) is 15.1 Å². The number of nitrogens with zero attached hydrogens (tertiary/aromatic N) is 2. The summed E-state index contributed by atoms with van der Waals surface area (Å²) in [5, 5.41) is 3.15. The van der Waals surface area contributed by atoms with E-state index in [0.717, 1.165) is 38.5 Å². The number of hydrogen-bond acceptors (Lipinski definition) is 3. The molecule has 4 heteroatoms. The third kappa shape index (κ3) is 1.84. The Hall–Kier alpha value is -0.610. The summed E-state index contributed by atoms with van der Waals surface area (Å²) in [5.41, 5.74) is 0.193. The van der Waals surface area contributed by atoms with Crippen molar-refractivity contribution in [2.45, 2.75) is 32.1 Å². The number of carbonyl (C=O) groups excluding carboxylic acids is 1. The van der Waals surface area contributed by atoms with Crippen LogP contribution in [0.4, 0.5) is 0 Å². The standard InChI is InChI=1S/C16H27N3O/c1-18-8-5-15(6-9-18)11-19(10-13-2-3-13)12-16(15)4-7-17-14(16)20/h13H,2-12H2,1H3,(H,17,20)/t16-/m1/s1. The monoisotopic (exact) mass is 277 g/mol. The SMILES string of the molecule is CN1CCC2(CC1)CN(CC1CC1)C[C@@]21CCNC1=O. The highest BCUT2D eigenvalue weighted by Gasteiger charge is 2.63. The van der Waals surface area contributed by atoms with Crippen molar-refractivity contribution in [3.63, 3.8) is 0 Å². The second kappa shape index (κ2) is 4.44. The van der Waals surface area contributed by atoms with Crippen molar-refractivity contribution in [2.75, 3.05) is 46.3 Å². The maximum absolute atomic E-state index is 12.6. The van der Waals surface area contributed by atoms with Crippen LogP contribution in [0.1, 0.15) is 32.1 Å². The van der Waals surface area contributed by atoms with Crippen LogP contribution in [0.25, 0.3) is 0 Å². The molecule has 0 unspecified atom stereocenters. The Bertz CT molecular complexity index is 412. The zero-order valence-electron chi connectivity index (χ0n) is 12.7. The maximum Gasteiger partial charge on any atom is 0.228 e. The van der Waals surface area contributed by atoms with Gasteiger partial charge in [0.1, 0.15) is 0 Å². The van der Waals surface area contributed by atoms with Gasteiger partial charge in [0.05, 0.1) is 5.41 Å². The number of carbonyl (C=O) groups is 1. The highest BCUT2D eigenvalue weighted by atomic mass is 16.2. The highest BCUT2D eigenvalue weighted by Crippen LogP contribution is 2.56. The van der Waals surface area contributed by atoms with Crippen molar-refractivity contribution in [3.05, 3.63) is 0 Å². The minimum atomic E-state index is -0.0663. The van der Waals surface area contributed by atoms with Gasteiger partial charge in [-0.1, -0.05) is 0 Å². The smallest absolute Gasteiger partial charge is 0.228 e. The average Bonchev–Trinajstić information content (AvgIpc) is 3.08. The van der Waals surface area contributed by atoms with Crippen molar-refractivity contribution in [3.8, 4) is 0 Å². The van der Waals surface area contributed by atoms with Crippen LogP contribution in [0.2, 0.25) is 0 Å². The van der Waals surface area contributed by atoms with E-state index in [-0.39, 0.29) is 10.8 Å². The summed E-state index contributed by atoms with van der Waals surface area (Å²) in [4.78, 5) is 17.7. The molecule has 3 heterocycles. The second-order valence-corrected chi connectivity index (χ2v) is 7.78. The first-order chi connectivity index (χ1) is 9.64. The van der Waals surface area contributed by atoms with Gasteiger partial charge in [-0.15, -0.1) is 0 Å². The van der Waals surface area contributed by atoms with Crippen LogP contribution in [0.15, 0.2) is 0 Å². The number of piperidine rings is 1. The molecule has 4 nitrogen and oxygen atoms in total. The third-order valence-corrected chi connectivity index (χ3v) is 6.46. The summed E-state index contributed by atoms with van der Waals surface area (Å²) in [6, 6.07) is 0. The molecule has 4 rings (SSSR count). The molecule has 3 aliphatic heterocycles. The van der Waals surface area contributed by atoms with Gasteiger partial charge in [0.15, 0.2) is 0 Å². The lowest BCUT2D eigenvalue weighted by Crippen LogP contribution is -2.51. The summed E-state index contributed by atoms with van der Waals surface area (Å²) in [6.07, 6.45) is 6.30. The Kier molecular flexibility index (Phi) is 2.90. The molecular weight excluding hydrogens is 250 g/mol. The molecule has 1 saturated carbocycles. The number of fused-ring (bicyclic) bond motifs is 1. The quantitative estimate of drug-likeness (QED) is 0.815. The lowest BCUT2D eigenvalue weighted by Gasteiger charge is -2.46. The summed E-state index contributed by atoms with van der Waals surface area (Å²) >= 11 is 0. The van der Waals surface area contributed by atoms with Gasteiger partial charge in [-0.05, 0) is 58.2 Å². The largest absolute Gasteiger partial charge is 0.356 e. The molecule has 0 aromatic carbocycles. The van der Waals surface area contributed by atoms with E-state index in [1.54, 1.807) is 0 Å². The van der Waals surface area contributed by atoms with Gasteiger partial charge >= 0.3 is 0 Å². The predicted molar refractivity (Wildman–Crippen MR) is 78.4 cm³/mol. The van der Waals surface area contributed by atoms with Gasteiger partial charge in [0.25, 0.3) is 0 Å². The van der Waals surface area contributed by atoms with E-state index >= 15 is 0 Å². The van der Waals surface area contributed by atoms with Crippen molar-refractivity contribution >= 4 is 5.91 Å². The number of nitrogens with one attached hydrogen (secondary N) is 1. The zero-order valence-corrected chi connectivity index (χ0v) is 12.7. The molecule has 4 fully saturated rings. The minimum absolute atomic E-state index is 0.0663. The molecule has 1 aliphatic carbocycles. The second-order valence-electron chi connectivity index (χ2n) is 7.78. The molecule has 0 radical (unpaired) electrons. The van der Waals surface area contributed by atoms with E-state index in [1.165, 1.54) is 38.8 Å². The fourth-order valence-electron chi connectivity index (χ4n) is 4.99. The van der Waals surface area contributed by atoms with E-state index in [4.69, 9.17) is 0 Å². The van der Waals surface area contributed by atoms with E-state index in [0.29, 0.717) is 5.91 Å². The van der Waals surface area contributed by atoms with Crippen LogP contribution in [0, 0.1) is 16.7 Å². The Morgan fingerprint density at radius 3 is 2.55 bits per heavy atom. The lowest BCUT2D eigenvalue weighted by molar-refractivity contribution is -0.134. The molecule has 4 aliphatic rings. The molecule has 112 valence electrons. The molecule has 3 saturated heterocycles. The maximum atomic E-state index is 12.6. The van der Waals surface area contributed by atoms with Gasteiger partial charge in [-0.2, -0.15) is 0 Å². The van der Waals surface area contributed by atoms with E-state index < -0.39 is 0 Å². The Morgan fingerprint density at radius 2 is 1.95 bits per heavy atom. The first kappa shape index (κ1) is 13.1. The molecule has 1 N–H and O–H groups in total. The molecule has 0 bridgehead atoms. The van der Waals surface area contributed by atoms with Crippen molar-refractivity contribution in [2.24, 2.45) is 16.7 Å². The normalized spacial score (nSPS) is 38.0. The summed E-state index contributed by atoms with van der Waals surface area (Å²) in [5.74, 6) is 1.29. The van der Waals surface area contributed by atoms with Crippen LogP contribution in [0.3, 0.4) is 0 Å². The third-order valence-electron chi connectivity index (χ3n) is 6.46. The van der Waals surface area contributed by atoms with Crippen LogP contribution < -0.4 is 5.32 Å². The molecule has 20 heavy (non-hydrogen) atoms. The van der Waals surface area contributed by atoms with Crippen molar-refractivity contribution in [1.29, 1.82) is 0 Å². The van der Waals surface area contributed by atoms with Gasteiger partial charge in [-0.3, -0.25) is 4.79 Å². The average molecular weight is 277 g/mol. The van der Waals surface area contributed by atoms with Crippen LogP contribution >= 0.6 is 0 Å². The summed E-state index contributed by atoms with van der Waals surface area (Å²) < 4.78 is 0. The Labute approximate surface area is 121 Å². The van der Waals surface area contributed by atoms with Crippen LogP contribution in [-0.4, -0.2) is 62.0 Å². The van der Waals surface area contributed by atoms with E-state index in [9.17, 15) is 4.79 Å². The minimum Gasteiger partial charge on any atom is -0.356 e. The van der Waals surface area contributed by atoms with Crippen LogP contribution in [-0.2, 0) is 4.79 Å². The molecule has 2 spiro atoms. The number of hydrogen-bond donors (Lipinski definition) is 1. The molecule has 0 aromatic heterocycles. The number of amides is 1. The van der Waals surface area contributed by atoms with E-state index in [1.807, 2.05) is 0 Å². The molecule has 1 atom stereocenters. The van der Waals surface area contributed by atoms with Crippen molar-refractivity contribution < 1.29 is 4.79 Å². The summed E-state index contributed by atoms with van der Waals surface area (Å²) in [6.45, 7) is 6.66. The zero-order chi connectivity index (χ0) is 13.8.